The predicted octanol–water partition coefficient (Wildman–Crippen LogP) is 1.12. The molecule has 1 aromatic rings. The third-order valence-corrected chi connectivity index (χ3v) is 1.30. The molecule has 0 N–H and O–H groups in total. The second-order valence-electron chi connectivity index (χ2n) is 2.39. The Hall–Kier alpha value is -1.38. The summed E-state index contributed by atoms with van der Waals surface area (Å²) in [6.07, 6.45) is 5.49. The number of hydrogen-bond acceptors (Lipinski definition) is 2. The third-order valence-electron chi connectivity index (χ3n) is 1.30. The molecule has 0 atom stereocenters. The number of rotatable bonds is 3. The van der Waals surface area contributed by atoms with Crippen LogP contribution in [0.3, 0.4) is 0 Å². The summed E-state index contributed by atoms with van der Waals surface area (Å²) in [5.41, 5.74) is 0.928. The molecule has 0 aliphatic heterocycles. The second-order valence-corrected chi connectivity index (χ2v) is 2.39. The number of hydrogen-bond donors (Lipinski definition) is 0. The van der Waals surface area contributed by atoms with Gasteiger partial charge < -0.3 is 0 Å². The van der Waals surface area contributed by atoms with E-state index in [4.69, 9.17) is 0 Å². The van der Waals surface area contributed by atoms with Crippen molar-refractivity contribution in [2.75, 3.05) is 0 Å². The molecule has 0 amide bonds. The maximum atomic E-state index is 10.6. The molecule has 0 aliphatic carbocycles. The standard InChI is InChI=1S/C8H10N2O/c1-3-10-6-8(5-9-10)4-7(2)11/h3,5-6H,1,4H2,2H3. The number of carbonyl (C=O) groups is 1. The highest BCUT2D eigenvalue weighted by molar-refractivity contribution is 5.77. The van der Waals surface area contributed by atoms with Gasteiger partial charge in [0.05, 0.1) is 6.20 Å². The van der Waals surface area contributed by atoms with Gasteiger partial charge in [-0.05, 0) is 12.5 Å². The Morgan fingerprint density at radius 3 is 3.09 bits per heavy atom. The molecule has 0 aliphatic rings. The monoisotopic (exact) mass is 150 g/mol. The fraction of sp³-hybridized carbons (Fsp3) is 0.250. The van der Waals surface area contributed by atoms with Gasteiger partial charge in [-0.3, -0.25) is 4.79 Å². The minimum Gasteiger partial charge on any atom is -0.300 e. The largest absolute Gasteiger partial charge is 0.300 e. The highest BCUT2D eigenvalue weighted by Gasteiger charge is 1.98. The van der Waals surface area contributed by atoms with E-state index in [9.17, 15) is 4.79 Å². The Kier molecular flexibility index (Phi) is 2.21. The maximum Gasteiger partial charge on any atom is 0.134 e. The SMILES string of the molecule is C=Cn1cc(CC(C)=O)cn1. The first-order chi connectivity index (χ1) is 5.22. The number of nitrogens with zero attached hydrogens (tertiary/aromatic N) is 2. The number of ketones is 1. The van der Waals surface area contributed by atoms with E-state index in [1.54, 1.807) is 30.2 Å². The number of aromatic nitrogens is 2. The quantitative estimate of drug-likeness (QED) is 0.647. The molecule has 3 heteroatoms. The first-order valence-corrected chi connectivity index (χ1v) is 3.37. The van der Waals surface area contributed by atoms with E-state index in [1.807, 2.05) is 0 Å². The van der Waals surface area contributed by atoms with Crippen molar-refractivity contribution in [2.45, 2.75) is 13.3 Å². The van der Waals surface area contributed by atoms with Gasteiger partial charge in [0.25, 0.3) is 0 Å². The van der Waals surface area contributed by atoms with Crippen molar-refractivity contribution in [2.24, 2.45) is 0 Å². The molecule has 0 spiro atoms. The highest BCUT2D eigenvalue weighted by atomic mass is 16.1. The molecule has 1 heterocycles. The van der Waals surface area contributed by atoms with E-state index < -0.39 is 0 Å². The van der Waals surface area contributed by atoms with Crippen LogP contribution < -0.4 is 0 Å². The first-order valence-electron chi connectivity index (χ1n) is 3.37. The van der Waals surface area contributed by atoms with Crippen molar-refractivity contribution in [3.05, 3.63) is 24.5 Å². The lowest BCUT2D eigenvalue weighted by molar-refractivity contribution is -0.116. The van der Waals surface area contributed by atoms with Gasteiger partial charge in [-0.25, -0.2) is 4.68 Å². The molecule has 0 radical (unpaired) electrons. The van der Waals surface area contributed by atoms with E-state index in [1.165, 1.54) is 0 Å². The zero-order valence-electron chi connectivity index (χ0n) is 6.45. The summed E-state index contributed by atoms with van der Waals surface area (Å²) >= 11 is 0. The van der Waals surface area contributed by atoms with E-state index >= 15 is 0 Å². The molecule has 11 heavy (non-hydrogen) atoms. The second kappa shape index (κ2) is 3.14. The Morgan fingerprint density at radius 1 is 1.91 bits per heavy atom. The van der Waals surface area contributed by atoms with Gasteiger partial charge in [0.15, 0.2) is 0 Å². The molecule has 0 fully saturated rings. The lowest BCUT2D eigenvalue weighted by atomic mass is 10.2. The summed E-state index contributed by atoms with van der Waals surface area (Å²) in [4.78, 5) is 10.6. The summed E-state index contributed by atoms with van der Waals surface area (Å²) in [6, 6.07) is 0. The molecule has 1 aromatic heterocycles. The lowest BCUT2D eigenvalue weighted by Gasteiger charge is -1.87. The fourth-order valence-corrected chi connectivity index (χ4v) is 0.856. The van der Waals surface area contributed by atoms with Crippen LogP contribution in [-0.2, 0) is 11.2 Å². The van der Waals surface area contributed by atoms with Crippen LogP contribution in [0.4, 0.5) is 0 Å². The smallest absolute Gasteiger partial charge is 0.134 e. The van der Waals surface area contributed by atoms with Crippen LogP contribution in [0.2, 0.25) is 0 Å². The first kappa shape index (κ1) is 7.72. The Morgan fingerprint density at radius 2 is 2.64 bits per heavy atom. The predicted molar refractivity (Wildman–Crippen MR) is 43.0 cm³/mol. The van der Waals surface area contributed by atoms with Gasteiger partial charge in [0.2, 0.25) is 0 Å². The van der Waals surface area contributed by atoms with E-state index in [0.717, 1.165) is 5.56 Å². The average Bonchev–Trinajstić information content (AvgIpc) is 2.34. The minimum absolute atomic E-state index is 0.147. The van der Waals surface area contributed by atoms with Crippen LogP contribution in [0.5, 0.6) is 0 Å². The Balaban J connectivity index is 2.72. The van der Waals surface area contributed by atoms with Crippen LogP contribution in [0, 0.1) is 0 Å². The summed E-state index contributed by atoms with van der Waals surface area (Å²) < 4.78 is 1.58. The molecular formula is C8H10N2O. The molecule has 1 rings (SSSR count). The van der Waals surface area contributed by atoms with Gasteiger partial charge in [-0.15, -0.1) is 0 Å². The molecule has 58 valence electrons. The van der Waals surface area contributed by atoms with E-state index in [-0.39, 0.29) is 5.78 Å². The van der Waals surface area contributed by atoms with Crippen LogP contribution in [0.15, 0.2) is 19.0 Å². The summed E-state index contributed by atoms with van der Waals surface area (Å²) in [7, 11) is 0. The lowest BCUT2D eigenvalue weighted by Crippen LogP contribution is -1.93. The van der Waals surface area contributed by atoms with E-state index in [0.29, 0.717) is 6.42 Å². The van der Waals surface area contributed by atoms with Crippen molar-refractivity contribution in [1.29, 1.82) is 0 Å². The zero-order valence-corrected chi connectivity index (χ0v) is 6.45. The summed E-state index contributed by atoms with van der Waals surface area (Å²) in [5.74, 6) is 0.147. The van der Waals surface area contributed by atoms with Crippen molar-refractivity contribution in [3.63, 3.8) is 0 Å². The van der Waals surface area contributed by atoms with Crippen LogP contribution in [-0.4, -0.2) is 15.6 Å². The van der Waals surface area contributed by atoms with Crippen LogP contribution in [0.25, 0.3) is 6.20 Å². The highest BCUT2D eigenvalue weighted by Crippen LogP contribution is 1.98. The van der Waals surface area contributed by atoms with Gasteiger partial charge in [0, 0.05) is 18.8 Å². The van der Waals surface area contributed by atoms with Crippen molar-refractivity contribution >= 4 is 12.0 Å². The van der Waals surface area contributed by atoms with Crippen molar-refractivity contribution < 1.29 is 4.79 Å². The van der Waals surface area contributed by atoms with Crippen LogP contribution in [0.1, 0.15) is 12.5 Å². The third kappa shape index (κ3) is 2.04. The van der Waals surface area contributed by atoms with Crippen molar-refractivity contribution in [1.82, 2.24) is 9.78 Å². The van der Waals surface area contributed by atoms with E-state index in [2.05, 4.69) is 11.7 Å². The average molecular weight is 150 g/mol. The fourth-order valence-electron chi connectivity index (χ4n) is 0.856. The molecule has 3 nitrogen and oxygen atoms in total. The molecule has 0 bridgehead atoms. The summed E-state index contributed by atoms with van der Waals surface area (Å²) in [6.45, 7) is 5.10. The Labute approximate surface area is 65.3 Å². The maximum absolute atomic E-state index is 10.6. The topological polar surface area (TPSA) is 34.9 Å². The van der Waals surface area contributed by atoms with Gasteiger partial charge in [0.1, 0.15) is 5.78 Å². The van der Waals surface area contributed by atoms with Crippen LogP contribution >= 0.6 is 0 Å². The molecule has 0 unspecified atom stereocenters. The zero-order chi connectivity index (χ0) is 8.27. The number of carbonyl (C=O) groups excluding carboxylic acids is 1. The molecule has 0 aromatic carbocycles. The van der Waals surface area contributed by atoms with Gasteiger partial charge in [-0.1, -0.05) is 6.58 Å². The molecule has 0 saturated heterocycles. The van der Waals surface area contributed by atoms with Gasteiger partial charge >= 0.3 is 0 Å². The normalized spacial score (nSPS) is 9.55. The van der Waals surface area contributed by atoms with Gasteiger partial charge in [-0.2, -0.15) is 5.10 Å². The van der Waals surface area contributed by atoms with Crippen molar-refractivity contribution in [3.8, 4) is 0 Å². The summed E-state index contributed by atoms with van der Waals surface area (Å²) in [5, 5.41) is 3.93. The minimum atomic E-state index is 0.147. The molecule has 0 saturated carbocycles. The Bertz CT molecular complexity index is 275. The number of Topliss-reactive ketones (excluding diaryl/α,β-unsaturated/α-hetero) is 1. The molecular weight excluding hydrogens is 140 g/mol.